The maximum atomic E-state index is 11.9. The molecule has 1 heterocycles. The summed E-state index contributed by atoms with van der Waals surface area (Å²) in [4.78, 5) is 11.9. The molecule has 0 radical (unpaired) electrons. The Balaban J connectivity index is 1.53. The van der Waals surface area contributed by atoms with Gasteiger partial charge < -0.3 is 24.9 Å². The Morgan fingerprint density at radius 3 is 2.63 bits per heavy atom. The van der Waals surface area contributed by atoms with Gasteiger partial charge in [0.2, 0.25) is 0 Å². The van der Waals surface area contributed by atoms with E-state index in [-0.39, 0.29) is 6.54 Å². The molecule has 0 aliphatic heterocycles. The molecule has 1 aromatic heterocycles. The molecule has 7 nitrogen and oxygen atoms in total. The number of nitriles is 1. The fourth-order valence-corrected chi connectivity index (χ4v) is 2.33. The number of urea groups is 1. The molecule has 1 atom stereocenters. The fourth-order valence-electron chi connectivity index (χ4n) is 2.33. The first-order chi connectivity index (χ1) is 13.2. The van der Waals surface area contributed by atoms with E-state index in [0.29, 0.717) is 28.5 Å². The van der Waals surface area contributed by atoms with Gasteiger partial charge in [-0.3, -0.25) is 0 Å². The zero-order chi connectivity index (χ0) is 19.1. The highest BCUT2D eigenvalue weighted by Crippen LogP contribution is 2.25. The maximum absolute atomic E-state index is 11.9. The van der Waals surface area contributed by atoms with E-state index in [0.717, 1.165) is 0 Å². The summed E-state index contributed by atoms with van der Waals surface area (Å²) in [5, 5.41) is 24.2. The summed E-state index contributed by atoms with van der Waals surface area (Å²) >= 11 is 0. The Bertz CT molecular complexity index is 931. The second-order valence-corrected chi connectivity index (χ2v) is 5.60. The van der Waals surface area contributed by atoms with Crippen LogP contribution in [-0.2, 0) is 0 Å². The molecule has 0 fully saturated rings. The Labute approximate surface area is 155 Å². The average molecular weight is 363 g/mol. The minimum absolute atomic E-state index is 0.0193. The number of hydrogen-bond donors (Lipinski definition) is 3. The van der Waals surface area contributed by atoms with Crippen molar-refractivity contribution in [3.8, 4) is 17.6 Å². The second kappa shape index (κ2) is 8.56. The number of amides is 2. The number of anilines is 1. The van der Waals surface area contributed by atoms with Gasteiger partial charge in [-0.25, -0.2) is 4.79 Å². The van der Waals surface area contributed by atoms with Gasteiger partial charge in [-0.2, -0.15) is 5.26 Å². The van der Waals surface area contributed by atoms with Gasteiger partial charge in [0.25, 0.3) is 0 Å². The van der Waals surface area contributed by atoms with E-state index in [1.54, 1.807) is 60.7 Å². The van der Waals surface area contributed by atoms with E-state index in [9.17, 15) is 9.90 Å². The lowest BCUT2D eigenvalue weighted by Crippen LogP contribution is -2.32. The molecule has 0 saturated heterocycles. The molecular weight excluding hydrogens is 346 g/mol. The van der Waals surface area contributed by atoms with Crippen LogP contribution in [0.25, 0.3) is 0 Å². The summed E-state index contributed by atoms with van der Waals surface area (Å²) in [6.45, 7) is 0.0193. The molecule has 0 aliphatic carbocycles. The minimum atomic E-state index is -0.915. The molecule has 0 aliphatic rings. The molecule has 0 spiro atoms. The number of hydrogen-bond acceptors (Lipinski definition) is 5. The van der Waals surface area contributed by atoms with Gasteiger partial charge in [0.05, 0.1) is 18.4 Å². The van der Waals surface area contributed by atoms with Crippen molar-refractivity contribution in [2.45, 2.75) is 6.10 Å². The topological polar surface area (TPSA) is 108 Å². The van der Waals surface area contributed by atoms with Gasteiger partial charge in [0, 0.05) is 5.69 Å². The molecule has 3 rings (SSSR count). The van der Waals surface area contributed by atoms with Crippen LogP contribution in [0, 0.1) is 11.3 Å². The second-order valence-electron chi connectivity index (χ2n) is 5.60. The number of benzene rings is 2. The van der Waals surface area contributed by atoms with Crippen LogP contribution in [0.3, 0.4) is 0 Å². The predicted molar refractivity (Wildman–Crippen MR) is 98.4 cm³/mol. The SMILES string of the molecule is N#Cc1ccccc1Oc1ccc(NC(=O)NCC(O)c2ccco2)cc1. The number of aliphatic hydroxyl groups excluding tert-OH is 1. The number of para-hydroxylation sites is 1. The van der Waals surface area contributed by atoms with E-state index in [1.807, 2.05) is 0 Å². The van der Waals surface area contributed by atoms with Crippen molar-refractivity contribution in [2.24, 2.45) is 0 Å². The quantitative estimate of drug-likeness (QED) is 0.617. The first-order valence-corrected chi connectivity index (χ1v) is 8.19. The van der Waals surface area contributed by atoms with Gasteiger partial charge in [-0.05, 0) is 48.5 Å². The van der Waals surface area contributed by atoms with Crippen molar-refractivity contribution in [2.75, 3.05) is 11.9 Å². The number of nitrogens with one attached hydrogen (secondary N) is 2. The highest BCUT2D eigenvalue weighted by atomic mass is 16.5. The first-order valence-electron chi connectivity index (χ1n) is 8.19. The van der Waals surface area contributed by atoms with Crippen LogP contribution in [0.15, 0.2) is 71.3 Å². The van der Waals surface area contributed by atoms with Crippen molar-refractivity contribution in [1.29, 1.82) is 5.26 Å². The third kappa shape index (κ3) is 4.87. The van der Waals surface area contributed by atoms with Crippen LogP contribution in [0.1, 0.15) is 17.4 Å². The largest absolute Gasteiger partial charge is 0.467 e. The van der Waals surface area contributed by atoms with Gasteiger partial charge in [0.15, 0.2) is 0 Å². The van der Waals surface area contributed by atoms with Crippen LogP contribution < -0.4 is 15.4 Å². The summed E-state index contributed by atoms with van der Waals surface area (Å²) < 4.78 is 10.8. The smallest absolute Gasteiger partial charge is 0.319 e. The van der Waals surface area contributed by atoms with Gasteiger partial charge >= 0.3 is 6.03 Å². The Morgan fingerprint density at radius 1 is 1.15 bits per heavy atom. The number of aliphatic hydroxyl groups is 1. The molecule has 136 valence electrons. The van der Waals surface area contributed by atoms with E-state index in [2.05, 4.69) is 16.7 Å². The van der Waals surface area contributed by atoms with Gasteiger partial charge in [-0.15, -0.1) is 0 Å². The van der Waals surface area contributed by atoms with Gasteiger partial charge in [-0.1, -0.05) is 12.1 Å². The molecule has 0 bridgehead atoms. The number of carbonyl (C=O) groups excluding carboxylic acids is 1. The highest BCUT2D eigenvalue weighted by molar-refractivity contribution is 5.89. The monoisotopic (exact) mass is 363 g/mol. The average Bonchev–Trinajstić information content (AvgIpc) is 3.23. The minimum Gasteiger partial charge on any atom is -0.467 e. The summed E-state index contributed by atoms with van der Waals surface area (Å²) in [5.74, 6) is 1.39. The fraction of sp³-hybridized carbons (Fsp3) is 0.100. The lowest BCUT2D eigenvalue weighted by molar-refractivity contribution is 0.149. The zero-order valence-corrected chi connectivity index (χ0v) is 14.3. The van der Waals surface area contributed by atoms with Crippen molar-refractivity contribution in [1.82, 2.24) is 5.32 Å². The van der Waals surface area contributed by atoms with Crippen LogP contribution in [0.2, 0.25) is 0 Å². The van der Waals surface area contributed by atoms with Crippen LogP contribution in [0.4, 0.5) is 10.5 Å². The van der Waals surface area contributed by atoms with Crippen molar-refractivity contribution in [3.05, 3.63) is 78.3 Å². The summed E-state index contributed by atoms with van der Waals surface area (Å²) in [6.07, 6.45) is 0.541. The van der Waals surface area contributed by atoms with E-state index < -0.39 is 12.1 Å². The first kappa shape index (κ1) is 18.0. The van der Waals surface area contributed by atoms with Crippen molar-refractivity contribution >= 4 is 11.7 Å². The maximum Gasteiger partial charge on any atom is 0.319 e. The van der Waals surface area contributed by atoms with Crippen LogP contribution >= 0.6 is 0 Å². The number of nitrogens with zero attached hydrogens (tertiary/aromatic N) is 1. The highest BCUT2D eigenvalue weighted by Gasteiger charge is 2.12. The number of carbonyl (C=O) groups is 1. The number of rotatable bonds is 6. The molecule has 1 unspecified atom stereocenters. The van der Waals surface area contributed by atoms with Gasteiger partial charge in [0.1, 0.15) is 29.4 Å². The van der Waals surface area contributed by atoms with Crippen LogP contribution in [0.5, 0.6) is 11.5 Å². The summed E-state index contributed by atoms with van der Waals surface area (Å²) in [7, 11) is 0. The molecule has 27 heavy (non-hydrogen) atoms. The molecular formula is C20H17N3O4. The van der Waals surface area contributed by atoms with E-state index >= 15 is 0 Å². The number of ether oxygens (including phenoxy) is 1. The number of furan rings is 1. The molecule has 3 aromatic rings. The third-order valence-corrected chi connectivity index (χ3v) is 3.68. The third-order valence-electron chi connectivity index (χ3n) is 3.68. The van der Waals surface area contributed by atoms with E-state index in [1.165, 1.54) is 6.26 Å². The van der Waals surface area contributed by atoms with Crippen molar-refractivity contribution in [3.63, 3.8) is 0 Å². The van der Waals surface area contributed by atoms with E-state index in [4.69, 9.17) is 14.4 Å². The summed E-state index contributed by atoms with van der Waals surface area (Å²) in [5.41, 5.74) is 0.995. The molecule has 0 saturated carbocycles. The van der Waals surface area contributed by atoms with Crippen LogP contribution in [-0.4, -0.2) is 17.7 Å². The summed E-state index contributed by atoms with van der Waals surface area (Å²) in [6, 6.07) is 18.6. The molecule has 3 N–H and O–H groups in total. The standard InChI is InChI=1S/C20H17N3O4/c21-12-14-4-1-2-5-18(14)27-16-9-7-15(8-10-16)23-20(25)22-13-17(24)19-6-3-11-26-19/h1-11,17,24H,13H2,(H2,22,23,25). The lowest BCUT2D eigenvalue weighted by Gasteiger charge is -2.11. The Hall–Kier alpha value is -3.76. The molecule has 7 heteroatoms. The predicted octanol–water partition coefficient (Wildman–Crippen LogP) is 3.80. The Kier molecular flexibility index (Phi) is 5.72. The Morgan fingerprint density at radius 2 is 1.93 bits per heavy atom. The van der Waals surface area contributed by atoms with Crippen molar-refractivity contribution < 1.29 is 19.1 Å². The normalized spacial score (nSPS) is 11.3. The zero-order valence-electron chi connectivity index (χ0n) is 14.3. The molecule has 2 aromatic carbocycles. The lowest BCUT2D eigenvalue weighted by atomic mass is 10.2. The molecule has 2 amide bonds.